The molecule has 1 aromatic rings. The minimum absolute atomic E-state index is 0.0589. The topological polar surface area (TPSA) is 23.5 Å². The maximum absolute atomic E-state index is 13.2. The zero-order valence-electron chi connectivity index (χ0n) is 10.8. The monoisotopic (exact) mass is 273 g/mol. The van der Waals surface area contributed by atoms with Crippen molar-refractivity contribution in [3.05, 3.63) is 35.9 Å². The van der Waals surface area contributed by atoms with Gasteiger partial charge in [0.1, 0.15) is 0 Å². The third kappa shape index (κ3) is 2.77. The van der Waals surface area contributed by atoms with E-state index in [9.17, 15) is 18.3 Å². The largest absolute Gasteiger partial charge is 0.396 e. The third-order valence-corrected chi connectivity index (χ3v) is 4.05. The van der Waals surface area contributed by atoms with E-state index >= 15 is 0 Å². The van der Waals surface area contributed by atoms with Crippen LogP contribution in [0.15, 0.2) is 30.3 Å². The van der Waals surface area contributed by atoms with Gasteiger partial charge in [-0.3, -0.25) is 4.90 Å². The number of nitrogens with zero attached hydrogens (tertiary/aromatic N) is 1. The van der Waals surface area contributed by atoms with E-state index in [-0.39, 0.29) is 13.1 Å². The molecule has 2 unspecified atom stereocenters. The molecule has 0 bridgehead atoms. The summed E-state index contributed by atoms with van der Waals surface area (Å²) in [6.45, 7) is 1.49. The molecule has 1 heterocycles. The maximum atomic E-state index is 13.2. The number of aliphatic hydroxyl groups excluding tert-OH is 1. The second kappa shape index (κ2) is 5.13. The lowest BCUT2D eigenvalue weighted by Gasteiger charge is -2.32. The second-order valence-electron chi connectivity index (χ2n) is 5.45. The van der Waals surface area contributed by atoms with Gasteiger partial charge in [0.05, 0.1) is 5.41 Å². The Morgan fingerprint density at radius 3 is 2.42 bits per heavy atom. The summed E-state index contributed by atoms with van der Waals surface area (Å²) in [6.07, 6.45) is -4.29. The number of halogens is 3. The summed E-state index contributed by atoms with van der Waals surface area (Å²) in [6, 6.07) is 9.42. The van der Waals surface area contributed by atoms with Crippen LogP contribution in [0.4, 0.5) is 13.2 Å². The van der Waals surface area contributed by atoms with Gasteiger partial charge in [-0.2, -0.15) is 13.2 Å². The fraction of sp³-hybridized carbons (Fsp3) is 0.571. The van der Waals surface area contributed by atoms with Crippen molar-refractivity contribution in [2.45, 2.75) is 19.6 Å². The molecule has 0 amide bonds. The number of likely N-dealkylation sites (tertiary alicyclic amines) is 1. The molecular formula is C14H18F3NO. The molecule has 2 atom stereocenters. The van der Waals surface area contributed by atoms with E-state index in [4.69, 9.17) is 0 Å². The first-order chi connectivity index (χ1) is 8.87. The summed E-state index contributed by atoms with van der Waals surface area (Å²) in [5.41, 5.74) is -0.832. The fourth-order valence-electron chi connectivity index (χ4n) is 2.71. The minimum Gasteiger partial charge on any atom is -0.396 e. The number of rotatable bonds is 3. The van der Waals surface area contributed by atoms with Crippen molar-refractivity contribution in [2.75, 3.05) is 19.7 Å². The normalized spacial score (nSPS) is 28.8. The lowest BCUT2D eigenvalue weighted by atomic mass is 9.80. The Kier molecular flexibility index (Phi) is 3.87. The average Bonchev–Trinajstić information content (AvgIpc) is 2.67. The molecule has 0 saturated carbocycles. The van der Waals surface area contributed by atoms with Crippen molar-refractivity contribution in [1.29, 1.82) is 0 Å². The van der Waals surface area contributed by atoms with E-state index in [2.05, 4.69) is 0 Å². The van der Waals surface area contributed by atoms with E-state index in [1.54, 1.807) is 4.90 Å². The van der Waals surface area contributed by atoms with Crippen LogP contribution in [0, 0.1) is 11.3 Å². The second-order valence-corrected chi connectivity index (χ2v) is 5.45. The first-order valence-corrected chi connectivity index (χ1v) is 6.30. The molecule has 1 saturated heterocycles. The van der Waals surface area contributed by atoms with Crippen LogP contribution in [0.1, 0.15) is 12.5 Å². The molecule has 2 nitrogen and oxygen atoms in total. The molecule has 0 spiro atoms. The molecule has 0 aliphatic carbocycles. The van der Waals surface area contributed by atoms with Gasteiger partial charge in [0.15, 0.2) is 0 Å². The number of hydrogen-bond donors (Lipinski definition) is 1. The van der Waals surface area contributed by atoms with Gasteiger partial charge < -0.3 is 5.11 Å². The molecular weight excluding hydrogens is 255 g/mol. The predicted molar refractivity (Wildman–Crippen MR) is 66.5 cm³/mol. The summed E-state index contributed by atoms with van der Waals surface area (Å²) in [4.78, 5) is 1.77. The van der Waals surface area contributed by atoms with Gasteiger partial charge in [0.2, 0.25) is 0 Å². The summed E-state index contributed by atoms with van der Waals surface area (Å²) < 4.78 is 39.5. The van der Waals surface area contributed by atoms with E-state index in [1.807, 2.05) is 30.3 Å². The van der Waals surface area contributed by atoms with Crippen LogP contribution in [0.3, 0.4) is 0 Å². The summed E-state index contributed by atoms with van der Waals surface area (Å²) in [7, 11) is 0. The highest BCUT2D eigenvalue weighted by Crippen LogP contribution is 2.48. The van der Waals surface area contributed by atoms with Gasteiger partial charge >= 0.3 is 6.18 Å². The van der Waals surface area contributed by atoms with E-state index in [0.29, 0.717) is 6.54 Å². The van der Waals surface area contributed by atoms with Gasteiger partial charge in [0.25, 0.3) is 0 Å². The van der Waals surface area contributed by atoms with Gasteiger partial charge in [-0.05, 0) is 12.5 Å². The molecule has 106 valence electrons. The molecule has 1 aliphatic heterocycles. The van der Waals surface area contributed by atoms with Crippen molar-refractivity contribution in [1.82, 2.24) is 4.90 Å². The summed E-state index contributed by atoms with van der Waals surface area (Å²) in [5.74, 6) is -0.754. The van der Waals surface area contributed by atoms with Gasteiger partial charge in [0, 0.05) is 32.2 Å². The van der Waals surface area contributed by atoms with Crippen LogP contribution >= 0.6 is 0 Å². The van der Waals surface area contributed by atoms with Crippen molar-refractivity contribution in [3.8, 4) is 0 Å². The van der Waals surface area contributed by atoms with E-state index in [0.717, 1.165) is 5.56 Å². The van der Waals surface area contributed by atoms with Crippen LogP contribution in [0.2, 0.25) is 0 Å². The van der Waals surface area contributed by atoms with Crippen LogP contribution in [-0.4, -0.2) is 35.9 Å². The molecule has 1 aromatic carbocycles. The first kappa shape index (κ1) is 14.3. The molecule has 5 heteroatoms. The SMILES string of the molecule is CC1(C(F)(F)F)CN(Cc2ccccc2)CC1CO. The van der Waals surface area contributed by atoms with Crippen molar-refractivity contribution >= 4 is 0 Å². The molecule has 0 radical (unpaired) electrons. The number of aliphatic hydroxyl groups is 1. The Hall–Kier alpha value is -1.07. The van der Waals surface area contributed by atoms with Crippen molar-refractivity contribution in [2.24, 2.45) is 11.3 Å². The first-order valence-electron chi connectivity index (χ1n) is 6.30. The van der Waals surface area contributed by atoms with Gasteiger partial charge in [-0.1, -0.05) is 30.3 Å². The molecule has 1 aliphatic rings. The van der Waals surface area contributed by atoms with Crippen molar-refractivity contribution in [3.63, 3.8) is 0 Å². The predicted octanol–water partition coefficient (Wildman–Crippen LogP) is 2.68. The molecule has 0 aromatic heterocycles. The van der Waals surface area contributed by atoms with E-state index in [1.165, 1.54) is 6.92 Å². The zero-order valence-corrected chi connectivity index (χ0v) is 10.8. The van der Waals surface area contributed by atoms with Crippen LogP contribution in [-0.2, 0) is 6.54 Å². The average molecular weight is 273 g/mol. The Morgan fingerprint density at radius 1 is 1.32 bits per heavy atom. The van der Waals surface area contributed by atoms with Crippen LogP contribution in [0.5, 0.6) is 0 Å². The standard InChI is InChI=1S/C14H18F3NO/c1-13(14(15,16)17)10-18(8-12(13)9-19)7-11-5-3-2-4-6-11/h2-6,12,19H,7-10H2,1H3. The lowest BCUT2D eigenvalue weighted by molar-refractivity contribution is -0.228. The smallest absolute Gasteiger partial charge is 0.395 e. The Bertz CT molecular complexity index is 420. The minimum atomic E-state index is -4.29. The highest BCUT2D eigenvalue weighted by atomic mass is 19.4. The molecule has 1 N–H and O–H groups in total. The highest BCUT2D eigenvalue weighted by molar-refractivity contribution is 5.15. The maximum Gasteiger partial charge on any atom is 0.395 e. The number of hydrogen-bond acceptors (Lipinski definition) is 2. The number of benzene rings is 1. The van der Waals surface area contributed by atoms with Crippen molar-refractivity contribution < 1.29 is 18.3 Å². The third-order valence-electron chi connectivity index (χ3n) is 4.05. The molecule has 2 rings (SSSR count). The van der Waals surface area contributed by atoms with Crippen LogP contribution < -0.4 is 0 Å². The Morgan fingerprint density at radius 2 is 1.95 bits per heavy atom. The summed E-state index contributed by atoms with van der Waals surface area (Å²) >= 11 is 0. The van der Waals surface area contributed by atoms with E-state index < -0.39 is 24.1 Å². The quantitative estimate of drug-likeness (QED) is 0.915. The highest BCUT2D eigenvalue weighted by Gasteiger charge is 2.59. The Balaban J connectivity index is 2.11. The summed E-state index contributed by atoms with van der Waals surface area (Å²) in [5, 5.41) is 9.22. The lowest BCUT2D eigenvalue weighted by Crippen LogP contribution is -2.43. The number of alkyl halides is 3. The van der Waals surface area contributed by atoms with Gasteiger partial charge in [-0.25, -0.2) is 0 Å². The fourth-order valence-corrected chi connectivity index (χ4v) is 2.71. The van der Waals surface area contributed by atoms with Crippen LogP contribution in [0.25, 0.3) is 0 Å². The molecule has 19 heavy (non-hydrogen) atoms. The Labute approximate surface area is 110 Å². The molecule has 1 fully saturated rings. The zero-order chi connectivity index (χ0) is 14.1. The van der Waals surface area contributed by atoms with Gasteiger partial charge in [-0.15, -0.1) is 0 Å².